The van der Waals surface area contributed by atoms with E-state index in [1.807, 2.05) is 6.26 Å². The Morgan fingerprint density at radius 1 is 1.33 bits per heavy atom. The molecule has 2 heterocycles. The minimum atomic E-state index is -3.58. The van der Waals surface area contributed by atoms with Crippen LogP contribution >= 0.6 is 11.8 Å². The standard InChI is InChI=1S/C20H22N4O4S2/c1-23-20(26)16(17(22-23)12-5-6-12)19(25)13-7-8-15(30(3,27)28)18(14(13)11-29-2)24-10-4-9-21-24/h4,7-10,12,22H,5-6,11H2,1-3H3. The predicted octanol–water partition coefficient (Wildman–Crippen LogP) is 2.27. The minimum Gasteiger partial charge on any atom is -0.299 e. The van der Waals surface area contributed by atoms with Gasteiger partial charge in [0.1, 0.15) is 5.56 Å². The van der Waals surface area contributed by atoms with Crippen LogP contribution in [0.2, 0.25) is 0 Å². The Morgan fingerprint density at radius 2 is 2.07 bits per heavy atom. The molecule has 2 aromatic heterocycles. The fourth-order valence-corrected chi connectivity index (χ4v) is 5.13. The van der Waals surface area contributed by atoms with Crippen LogP contribution in [-0.4, -0.2) is 46.3 Å². The minimum absolute atomic E-state index is 0.0937. The monoisotopic (exact) mass is 446 g/mol. The Bertz CT molecular complexity index is 1280. The van der Waals surface area contributed by atoms with Gasteiger partial charge in [0.15, 0.2) is 9.84 Å². The van der Waals surface area contributed by atoms with Gasteiger partial charge in [-0.2, -0.15) is 16.9 Å². The molecule has 0 amide bonds. The summed E-state index contributed by atoms with van der Waals surface area (Å²) in [5, 5.41) is 7.23. The van der Waals surface area contributed by atoms with Crippen molar-refractivity contribution in [1.29, 1.82) is 0 Å². The van der Waals surface area contributed by atoms with E-state index in [0.29, 0.717) is 28.3 Å². The Hall–Kier alpha value is -2.59. The van der Waals surface area contributed by atoms with Gasteiger partial charge in [-0.25, -0.2) is 13.1 Å². The molecule has 158 valence electrons. The lowest BCUT2D eigenvalue weighted by molar-refractivity contribution is 0.103. The third-order valence-corrected chi connectivity index (χ3v) is 6.91. The number of sulfone groups is 1. The van der Waals surface area contributed by atoms with Crippen LogP contribution < -0.4 is 5.56 Å². The highest BCUT2D eigenvalue weighted by molar-refractivity contribution is 7.97. The lowest BCUT2D eigenvalue weighted by Gasteiger charge is -2.17. The molecule has 10 heteroatoms. The van der Waals surface area contributed by atoms with Gasteiger partial charge in [-0.05, 0) is 37.3 Å². The molecule has 0 saturated heterocycles. The molecule has 0 aliphatic heterocycles. The quantitative estimate of drug-likeness (QED) is 0.558. The van der Waals surface area contributed by atoms with E-state index in [4.69, 9.17) is 0 Å². The summed E-state index contributed by atoms with van der Waals surface area (Å²) in [6, 6.07) is 4.63. The number of hydrogen-bond acceptors (Lipinski definition) is 6. The summed E-state index contributed by atoms with van der Waals surface area (Å²) in [6.07, 6.45) is 8.07. The van der Waals surface area contributed by atoms with E-state index < -0.39 is 15.6 Å². The normalized spacial score (nSPS) is 14.2. The van der Waals surface area contributed by atoms with Gasteiger partial charge in [0.05, 0.1) is 16.3 Å². The van der Waals surface area contributed by atoms with E-state index in [-0.39, 0.29) is 21.9 Å². The Labute approximate surface area is 178 Å². The van der Waals surface area contributed by atoms with Crippen molar-refractivity contribution in [2.45, 2.75) is 29.4 Å². The zero-order valence-electron chi connectivity index (χ0n) is 16.9. The van der Waals surface area contributed by atoms with Crippen molar-refractivity contribution in [2.24, 2.45) is 7.05 Å². The number of carbonyl (C=O) groups excluding carboxylic acids is 1. The number of nitrogens with zero attached hydrogens (tertiary/aromatic N) is 3. The summed E-state index contributed by atoms with van der Waals surface area (Å²) in [6.45, 7) is 0. The average Bonchev–Trinajstić information content (AvgIpc) is 3.31. The van der Waals surface area contributed by atoms with Crippen LogP contribution in [0.3, 0.4) is 0 Å². The number of carbonyl (C=O) groups is 1. The molecule has 0 unspecified atom stereocenters. The van der Waals surface area contributed by atoms with Crippen LogP contribution in [0.5, 0.6) is 0 Å². The first-order valence-electron chi connectivity index (χ1n) is 9.42. The molecule has 1 N–H and O–H groups in total. The number of thioether (sulfide) groups is 1. The molecule has 1 fully saturated rings. The van der Waals surface area contributed by atoms with E-state index in [0.717, 1.165) is 19.1 Å². The number of H-pyrrole nitrogens is 1. The fourth-order valence-electron chi connectivity index (χ4n) is 3.66. The van der Waals surface area contributed by atoms with Gasteiger partial charge in [-0.15, -0.1) is 0 Å². The van der Waals surface area contributed by atoms with Gasteiger partial charge < -0.3 is 0 Å². The van der Waals surface area contributed by atoms with E-state index in [9.17, 15) is 18.0 Å². The van der Waals surface area contributed by atoms with Crippen LogP contribution in [0.15, 0.2) is 40.3 Å². The molecule has 0 bridgehead atoms. The Kier molecular flexibility index (Phi) is 5.23. The summed E-state index contributed by atoms with van der Waals surface area (Å²) in [5.74, 6) is 0.183. The third-order valence-electron chi connectivity index (χ3n) is 5.20. The summed E-state index contributed by atoms with van der Waals surface area (Å²) < 4.78 is 27.7. The smallest absolute Gasteiger partial charge is 0.277 e. The Morgan fingerprint density at radius 3 is 2.63 bits per heavy atom. The van der Waals surface area contributed by atoms with Gasteiger partial charge in [-0.3, -0.25) is 19.4 Å². The second-order valence-electron chi connectivity index (χ2n) is 7.46. The van der Waals surface area contributed by atoms with Crippen molar-refractivity contribution in [3.05, 3.63) is 63.3 Å². The first-order valence-corrected chi connectivity index (χ1v) is 12.7. The molecular weight excluding hydrogens is 424 g/mol. The van der Waals surface area contributed by atoms with Crippen molar-refractivity contribution >= 4 is 27.4 Å². The SMILES string of the molecule is CSCc1c(C(=O)c2c(C3CC3)[nH]n(C)c2=O)ccc(S(C)(=O)=O)c1-n1cccn1. The molecule has 0 atom stereocenters. The predicted molar refractivity (Wildman–Crippen MR) is 115 cm³/mol. The van der Waals surface area contributed by atoms with Gasteiger partial charge in [0, 0.05) is 48.5 Å². The number of aromatic nitrogens is 4. The number of hydrogen-bond donors (Lipinski definition) is 1. The topological polar surface area (TPSA) is 107 Å². The van der Waals surface area contributed by atoms with Crippen molar-refractivity contribution in [3.8, 4) is 5.69 Å². The van der Waals surface area contributed by atoms with Crippen LogP contribution in [0.1, 0.15) is 45.9 Å². The second-order valence-corrected chi connectivity index (χ2v) is 10.3. The number of nitrogens with one attached hydrogen (secondary N) is 1. The zero-order chi connectivity index (χ0) is 21.6. The number of aromatic amines is 1. The summed E-state index contributed by atoms with van der Waals surface area (Å²) in [7, 11) is -1.98. The first-order chi connectivity index (χ1) is 14.2. The van der Waals surface area contributed by atoms with Crippen molar-refractivity contribution in [2.75, 3.05) is 12.5 Å². The van der Waals surface area contributed by atoms with E-state index in [2.05, 4.69) is 10.2 Å². The maximum atomic E-state index is 13.6. The van der Waals surface area contributed by atoms with Gasteiger partial charge in [0.2, 0.25) is 5.78 Å². The average molecular weight is 447 g/mol. The summed E-state index contributed by atoms with van der Waals surface area (Å²) in [5.41, 5.74) is 1.65. The molecular formula is C20H22N4O4S2. The molecule has 3 aromatic rings. The van der Waals surface area contributed by atoms with Gasteiger partial charge in [-0.1, -0.05) is 0 Å². The van der Waals surface area contributed by atoms with E-state index in [1.54, 1.807) is 25.5 Å². The van der Waals surface area contributed by atoms with Gasteiger partial charge >= 0.3 is 0 Å². The molecule has 1 aromatic carbocycles. The van der Waals surface area contributed by atoms with Crippen LogP contribution in [-0.2, 0) is 22.6 Å². The van der Waals surface area contributed by atoms with Gasteiger partial charge in [0.25, 0.3) is 5.56 Å². The summed E-state index contributed by atoms with van der Waals surface area (Å²) >= 11 is 1.47. The lowest BCUT2D eigenvalue weighted by Crippen LogP contribution is -2.21. The van der Waals surface area contributed by atoms with Crippen molar-refractivity contribution in [3.63, 3.8) is 0 Å². The summed E-state index contributed by atoms with van der Waals surface area (Å²) in [4.78, 5) is 26.4. The van der Waals surface area contributed by atoms with Crippen LogP contribution in [0.25, 0.3) is 5.69 Å². The maximum absolute atomic E-state index is 13.6. The van der Waals surface area contributed by atoms with E-state index in [1.165, 1.54) is 33.3 Å². The number of ketones is 1. The fraction of sp³-hybridized carbons (Fsp3) is 0.350. The molecule has 0 radical (unpaired) electrons. The van der Waals surface area contributed by atoms with Crippen LogP contribution in [0, 0.1) is 0 Å². The second kappa shape index (κ2) is 7.59. The number of aryl methyl sites for hydroxylation is 1. The van der Waals surface area contributed by atoms with E-state index >= 15 is 0 Å². The molecule has 1 aliphatic rings. The highest BCUT2D eigenvalue weighted by Crippen LogP contribution is 2.41. The molecule has 1 aliphatic carbocycles. The molecule has 30 heavy (non-hydrogen) atoms. The van der Waals surface area contributed by atoms with Crippen molar-refractivity contribution < 1.29 is 13.2 Å². The third kappa shape index (κ3) is 3.54. The lowest BCUT2D eigenvalue weighted by atomic mass is 9.96. The number of rotatable bonds is 7. The highest BCUT2D eigenvalue weighted by Gasteiger charge is 2.34. The van der Waals surface area contributed by atoms with Crippen LogP contribution in [0.4, 0.5) is 0 Å². The maximum Gasteiger partial charge on any atom is 0.277 e. The Balaban J connectivity index is 1.99. The molecule has 4 rings (SSSR count). The largest absolute Gasteiger partial charge is 0.299 e. The first kappa shape index (κ1) is 20.7. The zero-order valence-corrected chi connectivity index (χ0v) is 18.5. The molecule has 1 saturated carbocycles. The van der Waals surface area contributed by atoms with Crippen molar-refractivity contribution in [1.82, 2.24) is 19.6 Å². The molecule has 8 nitrogen and oxygen atoms in total. The molecule has 0 spiro atoms. The highest BCUT2D eigenvalue weighted by atomic mass is 32.2. The number of benzene rings is 1.